The molecule has 0 spiro atoms. The molecule has 0 aliphatic rings. The maximum atomic E-state index is 10.6. The minimum atomic E-state index is 0.353. The molecule has 7 aromatic carbocycles. The molecule has 9 aromatic rings. The summed E-state index contributed by atoms with van der Waals surface area (Å²) in [5.74, 6) is 0. The Bertz CT molecular complexity index is 2690. The van der Waals surface area contributed by atoms with Crippen molar-refractivity contribution in [1.82, 2.24) is 9.13 Å². The van der Waals surface area contributed by atoms with Crippen LogP contribution in [-0.2, 0) is 0 Å². The van der Waals surface area contributed by atoms with E-state index in [0.29, 0.717) is 16.8 Å². The Balaban J connectivity index is 1.27. The number of nitrogens with zero attached hydrogens (tertiary/aromatic N) is 4. The molecular formula is C44H26N4. The smallest absolute Gasteiger partial charge is 0.103 e. The number of aromatic nitrogens is 2. The second-order valence-corrected chi connectivity index (χ2v) is 11.9. The van der Waals surface area contributed by atoms with Gasteiger partial charge in [0.05, 0.1) is 38.9 Å². The molecule has 222 valence electrons. The molecule has 9 rings (SSSR count). The summed E-state index contributed by atoms with van der Waals surface area (Å²) in [4.78, 5) is 0. The molecule has 4 heteroatoms. The third-order valence-corrected chi connectivity index (χ3v) is 9.45. The van der Waals surface area contributed by atoms with Crippen molar-refractivity contribution in [3.63, 3.8) is 0 Å². The van der Waals surface area contributed by atoms with Crippen molar-refractivity contribution >= 4 is 43.6 Å². The van der Waals surface area contributed by atoms with Crippen molar-refractivity contribution < 1.29 is 0 Å². The molecule has 0 radical (unpaired) electrons. The normalized spacial score (nSPS) is 11.3. The van der Waals surface area contributed by atoms with Gasteiger partial charge in [0.15, 0.2) is 0 Å². The zero-order chi connectivity index (χ0) is 32.2. The highest BCUT2D eigenvalue weighted by molar-refractivity contribution is 6.11. The molecule has 0 amide bonds. The molecule has 0 atom stereocenters. The molecule has 0 saturated carbocycles. The third kappa shape index (κ3) is 4.01. The first kappa shape index (κ1) is 27.4. The number of para-hydroxylation sites is 4. The van der Waals surface area contributed by atoms with E-state index in [1.807, 2.05) is 36.4 Å². The molecular weight excluding hydrogens is 585 g/mol. The van der Waals surface area contributed by atoms with Crippen molar-refractivity contribution in [2.45, 2.75) is 0 Å². The summed E-state index contributed by atoms with van der Waals surface area (Å²) in [6.07, 6.45) is 0. The largest absolute Gasteiger partial charge is 0.309 e. The number of benzene rings is 7. The van der Waals surface area contributed by atoms with Crippen LogP contribution in [0.15, 0.2) is 158 Å². The zero-order valence-electron chi connectivity index (χ0n) is 25.8. The molecule has 0 fully saturated rings. The predicted molar refractivity (Wildman–Crippen MR) is 195 cm³/mol. The monoisotopic (exact) mass is 610 g/mol. The standard InChI is InChI=1S/C44H26N4/c45-27-30-23-26-38(44(39(30)28-46)48-42-19-9-5-15-36(42)37-16-6-10-20-43(37)48)33-12-2-1-11-32(33)29-21-24-31(25-22-29)47-40-17-7-3-13-34(40)35-14-4-8-18-41(35)47/h1-26H. The first-order chi connectivity index (χ1) is 23.8. The molecule has 2 heterocycles. The first-order valence-corrected chi connectivity index (χ1v) is 15.9. The van der Waals surface area contributed by atoms with Gasteiger partial charge in [0.25, 0.3) is 0 Å². The van der Waals surface area contributed by atoms with Crippen LogP contribution in [-0.4, -0.2) is 9.13 Å². The fourth-order valence-corrected chi connectivity index (χ4v) is 7.37. The predicted octanol–water partition coefficient (Wildman–Crippen LogP) is 11.0. The van der Waals surface area contributed by atoms with E-state index < -0.39 is 0 Å². The van der Waals surface area contributed by atoms with Crippen LogP contribution < -0.4 is 0 Å². The summed E-state index contributed by atoms with van der Waals surface area (Å²) in [5, 5.41) is 25.4. The number of nitriles is 2. The second-order valence-electron chi connectivity index (χ2n) is 11.9. The average molecular weight is 611 g/mol. The van der Waals surface area contributed by atoms with Crippen molar-refractivity contribution in [3.8, 4) is 45.8 Å². The van der Waals surface area contributed by atoms with E-state index in [1.54, 1.807) is 6.07 Å². The summed E-state index contributed by atoms with van der Waals surface area (Å²) >= 11 is 0. The van der Waals surface area contributed by atoms with Crippen molar-refractivity contribution in [2.24, 2.45) is 0 Å². The molecule has 0 aliphatic carbocycles. The van der Waals surface area contributed by atoms with Gasteiger partial charge in [-0.15, -0.1) is 0 Å². The fourth-order valence-electron chi connectivity index (χ4n) is 7.37. The lowest BCUT2D eigenvalue weighted by Crippen LogP contribution is -2.03. The summed E-state index contributed by atoms with van der Waals surface area (Å²) in [6, 6.07) is 59.0. The van der Waals surface area contributed by atoms with Gasteiger partial charge in [-0.2, -0.15) is 10.5 Å². The summed E-state index contributed by atoms with van der Waals surface area (Å²) in [7, 11) is 0. The van der Waals surface area contributed by atoms with E-state index in [4.69, 9.17) is 0 Å². The summed E-state index contributed by atoms with van der Waals surface area (Å²) in [5.41, 5.74) is 10.8. The van der Waals surface area contributed by atoms with Gasteiger partial charge in [0.2, 0.25) is 0 Å². The molecule has 4 nitrogen and oxygen atoms in total. The van der Waals surface area contributed by atoms with Crippen LogP contribution in [0.1, 0.15) is 11.1 Å². The topological polar surface area (TPSA) is 57.4 Å². The Morgan fingerprint density at radius 1 is 0.375 bits per heavy atom. The van der Waals surface area contributed by atoms with Crippen molar-refractivity contribution in [2.75, 3.05) is 0 Å². The Morgan fingerprint density at radius 3 is 1.33 bits per heavy atom. The fraction of sp³-hybridized carbons (Fsp3) is 0. The Morgan fingerprint density at radius 2 is 0.833 bits per heavy atom. The molecule has 0 bridgehead atoms. The lowest BCUT2D eigenvalue weighted by molar-refractivity contribution is 1.16. The highest BCUT2D eigenvalue weighted by Crippen LogP contribution is 2.42. The van der Waals surface area contributed by atoms with E-state index in [9.17, 15) is 10.5 Å². The zero-order valence-corrected chi connectivity index (χ0v) is 25.8. The maximum absolute atomic E-state index is 10.6. The SMILES string of the molecule is N#Cc1ccc(-c2ccccc2-c2ccc(-n3c4ccccc4c4ccccc43)cc2)c(-n2c3ccccc3c3ccccc32)c1C#N. The third-order valence-electron chi connectivity index (χ3n) is 9.45. The van der Waals surface area contributed by atoms with Crippen molar-refractivity contribution in [3.05, 3.63) is 169 Å². The lowest BCUT2D eigenvalue weighted by atomic mass is 9.90. The molecule has 0 saturated heterocycles. The highest BCUT2D eigenvalue weighted by Gasteiger charge is 2.22. The molecule has 0 N–H and O–H groups in total. The van der Waals surface area contributed by atoms with Gasteiger partial charge in [0, 0.05) is 32.8 Å². The molecule has 48 heavy (non-hydrogen) atoms. The Kier molecular flexibility index (Phi) is 6.22. The van der Waals surface area contributed by atoms with E-state index in [2.05, 4.69) is 137 Å². The average Bonchev–Trinajstić information content (AvgIpc) is 3.67. The van der Waals surface area contributed by atoms with Gasteiger partial charge in [0.1, 0.15) is 12.1 Å². The lowest BCUT2D eigenvalue weighted by Gasteiger charge is -2.19. The number of fused-ring (bicyclic) bond motifs is 6. The number of hydrogen-bond donors (Lipinski definition) is 0. The maximum Gasteiger partial charge on any atom is 0.103 e. The van der Waals surface area contributed by atoms with Gasteiger partial charge in [-0.05, 0) is 59.2 Å². The van der Waals surface area contributed by atoms with Crippen LogP contribution in [0.3, 0.4) is 0 Å². The number of rotatable bonds is 4. The van der Waals surface area contributed by atoms with Gasteiger partial charge in [-0.1, -0.05) is 115 Å². The van der Waals surface area contributed by atoms with Gasteiger partial charge < -0.3 is 9.13 Å². The van der Waals surface area contributed by atoms with Crippen LogP contribution in [0.25, 0.3) is 77.2 Å². The summed E-state index contributed by atoms with van der Waals surface area (Å²) < 4.78 is 4.47. The van der Waals surface area contributed by atoms with Crippen molar-refractivity contribution in [1.29, 1.82) is 10.5 Å². The van der Waals surface area contributed by atoms with E-state index in [-0.39, 0.29) is 0 Å². The second kappa shape index (κ2) is 10.9. The van der Waals surface area contributed by atoms with E-state index in [1.165, 1.54) is 21.8 Å². The first-order valence-electron chi connectivity index (χ1n) is 15.9. The highest BCUT2D eigenvalue weighted by atomic mass is 15.0. The molecule has 0 unspecified atom stereocenters. The Hall–Kier alpha value is -6.88. The van der Waals surface area contributed by atoms with Gasteiger partial charge in [-0.25, -0.2) is 0 Å². The van der Waals surface area contributed by atoms with Gasteiger partial charge >= 0.3 is 0 Å². The Labute approximate surface area is 277 Å². The van der Waals surface area contributed by atoms with E-state index in [0.717, 1.165) is 49.7 Å². The van der Waals surface area contributed by atoms with Crippen LogP contribution in [0, 0.1) is 22.7 Å². The minimum absolute atomic E-state index is 0.353. The quantitative estimate of drug-likeness (QED) is 0.199. The minimum Gasteiger partial charge on any atom is -0.309 e. The summed E-state index contributed by atoms with van der Waals surface area (Å²) in [6.45, 7) is 0. The molecule has 0 aliphatic heterocycles. The molecule has 2 aromatic heterocycles. The van der Waals surface area contributed by atoms with Crippen LogP contribution in [0.4, 0.5) is 0 Å². The van der Waals surface area contributed by atoms with Crippen LogP contribution in [0.5, 0.6) is 0 Å². The van der Waals surface area contributed by atoms with Crippen LogP contribution in [0.2, 0.25) is 0 Å². The van der Waals surface area contributed by atoms with E-state index >= 15 is 0 Å². The number of hydrogen-bond acceptors (Lipinski definition) is 2. The van der Waals surface area contributed by atoms with Gasteiger partial charge in [-0.3, -0.25) is 0 Å². The van der Waals surface area contributed by atoms with Crippen LogP contribution >= 0.6 is 0 Å².